The van der Waals surface area contributed by atoms with Crippen LogP contribution in [0, 0.1) is 17.7 Å². The van der Waals surface area contributed by atoms with E-state index in [9.17, 15) is 14.0 Å². The van der Waals surface area contributed by atoms with Crippen molar-refractivity contribution in [1.29, 1.82) is 0 Å². The number of carbonyl (C=O) groups excluding carboxylic acids is 2. The third-order valence-electron chi connectivity index (χ3n) is 4.33. The first kappa shape index (κ1) is 20.2. The zero-order valence-electron chi connectivity index (χ0n) is 14.7. The summed E-state index contributed by atoms with van der Waals surface area (Å²) in [5, 5.41) is 2.67. The largest absolute Gasteiger partial charge is 0.488 e. The average Bonchev–Trinajstić information content (AvgIpc) is 2.63. The quantitative estimate of drug-likeness (QED) is 0.561. The Morgan fingerprint density at radius 1 is 1.35 bits per heavy atom. The minimum Gasteiger partial charge on any atom is -0.488 e. The van der Waals surface area contributed by atoms with Crippen LogP contribution in [0.15, 0.2) is 24.8 Å². The van der Waals surface area contributed by atoms with Crippen LogP contribution < -0.4 is 10.1 Å². The van der Waals surface area contributed by atoms with Gasteiger partial charge in [0.1, 0.15) is 18.2 Å². The van der Waals surface area contributed by atoms with E-state index in [2.05, 4.69) is 11.9 Å². The summed E-state index contributed by atoms with van der Waals surface area (Å²) >= 11 is 5.95. The number of ether oxygens (including phenoxy) is 2. The Balaban J connectivity index is 2.16. The van der Waals surface area contributed by atoms with E-state index in [1.54, 1.807) is 6.92 Å². The molecule has 142 valence electrons. The molecule has 0 spiro atoms. The van der Waals surface area contributed by atoms with Gasteiger partial charge in [0.25, 0.3) is 0 Å². The first-order chi connectivity index (χ1) is 12.5. The molecule has 0 aliphatic heterocycles. The van der Waals surface area contributed by atoms with Gasteiger partial charge in [0.05, 0.1) is 29.2 Å². The zero-order valence-corrected chi connectivity index (χ0v) is 15.5. The summed E-state index contributed by atoms with van der Waals surface area (Å²) in [5.41, 5.74) is -0.0355. The Morgan fingerprint density at radius 3 is 2.69 bits per heavy atom. The van der Waals surface area contributed by atoms with Gasteiger partial charge in [0.15, 0.2) is 0 Å². The molecule has 0 radical (unpaired) electrons. The van der Waals surface area contributed by atoms with E-state index >= 15 is 0 Å². The van der Waals surface area contributed by atoms with Crippen molar-refractivity contribution in [3.8, 4) is 5.75 Å². The van der Waals surface area contributed by atoms with Crippen molar-refractivity contribution in [2.24, 2.45) is 11.8 Å². The highest BCUT2D eigenvalue weighted by Gasteiger charge is 2.37. The molecule has 26 heavy (non-hydrogen) atoms. The standard InChI is InChI=1S/C19H23ClFNO4/c1-3-9-26-17-11-16(15(21)10-14(17)20)22-18(23)12-7-5-6-8-13(12)19(24)25-4-2/h3,10-13H,1,4-9H2,2H3,(H,22,23). The summed E-state index contributed by atoms with van der Waals surface area (Å²) in [6.07, 6.45) is 4.38. The lowest BCUT2D eigenvalue weighted by atomic mass is 9.78. The molecule has 2 unspecified atom stereocenters. The number of amides is 1. The Morgan fingerprint density at radius 2 is 2.04 bits per heavy atom. The number of halogens is 2. The van der Waals surface area contributed by atoms with Crippen LogP contribution in [0.1, 0.15) is 32.6 Å². The van der Waals surface area contributed by atoms with Gasteiger partial charge < -0.3 is 14.8 Å². The molecule has 1 aliphatic carbocycles. The van der Waals surface area contributed by atoms with E-state index in [0.29, 0.717) is 12.8 Å². The number of carbonyl (C=O) groups is 2. The molecule has 1 amide bonds. The van der Waals surface area contributed by atoms with E-state index in [-0.39, 0.29) is 35.6 Å². The number of hydrogen-bond acceptors (Lipinski definition) is 4. The molecule has 2 rings (SSSR count). The van der Waals surface area contributed by atoms with Gasteiger partial charge in [0, 0.05) is 6.07 Å². The van der Waals surface area contributed by atoms with Crippen LogP contribution in [0.2, 0.25) is 5.02 Å². The molecule has 1 aliphatic rings. The number of hydrogen-bond donors (Lipinski definition) is 1. The molecule has 2 atom stereocenters. The molecular formula is C19H23ClFNO4. The third kappa shape index (κ3) is 4.97. The molecule has 0 heterocycles. The molecule has 1 fully saturated rings. The average molecular weight is 384 g/mol. The first-order valence-electron chi connectivity index (χ1n) is 8.68. The van der Waals surface area contributed by atoms with E-state index < -0.39 is 23.6 Å². The van der Waals surface area contributed by atoms with E-state index in [4.69, 9.17) is 21.1 Å². The Labute approximate surface area is 157 Å². The summed E-state index contributed by atoms with van der Waals surface area (Å²) in [5.74, 6) is -2.25. The molecule has 1 aromatic carbocycles. The van der Waals surface area contributed by atoms with Crippen LogP contribution in [-0.2, 0) is 14.3 Å². The van der Waals surface area contributed by atoms with Crippen LogP contribution in [0.4, 0.5) is 10.1 Å². The summed E-state index contributed by atoms with van der Waals surface area (Å²) < 4.78 is 24.6. The van der Waals surface area contributed by atoms with Crippen LogP contribution in [0.5, 0.6) is 5.75 Å². The van der Waals surface area contributed by atoms with Crippen LogP contribution in [-0.4, -0.2) is 25.1 Å². The lowest BCUT2D eigenvalue weighted by Crippen LogP contribution is -2.37. The molecule has 5 nitrogen and oxygen atoms in total. The van der Waals surface area contributed by atoms with Crippen LogP contribution in [0.25, 0.3) is 0 Å². The van der Waals surface area contributed by atoms with Crippen molar-refractivity contribution in [1.82, 2.24) is 0 Å². The summed E-state index contributed by atoms with van der Waals surface area (Å²) in [6.45, 7) is 5.73. The second-order valence-electron chi connectivity index (χ2n) is 6.10. The Kier molecular flexibility index (Phi) is 7.45. The topological polar surface area (TPSA) is 64.6 Å². The smallest absolute Gasteiger partial charge is 0.309 e. The monoisotopic (exact) mass is 383 g/mol. The highest BCUT2D eigenvalue weighted by molar-refractivity contribution is 6.32. The van der Waals surface area contributed by atoms with Gasteiger partial charge in [0.2, 0.25) is 5.91 Å². The number of nitrogens with one attached hydrogen (secondary N) is 1. The van der Waals surface area contributed by atoms with Gasteiger partial charge >= 0.3 is 5.97 Å². The molecule has 1 saturated carbocycles. The van der Waals surface area contributed by atoms with Gasteiger partial charge in [-0.05, 0) is 25.8 Å². The maximum atomic E-state index is 14.2. The third-order valence-corrected chi connectivity index (χ3v) is 4.62. The molecule has 1 aromatic rings. The van der Waals surface area contributed by atoms with E-state index in [1.807, 2.05) is 0 Å². The second-order valence-corrected chi connectivity index (χ2v) is 6.51. The van der Waals surface area contributed by atoms with Gasteiger partial charge in [-0.1, -0.05) is 37.1 Å². The number of rotatable bonds is 7. The van der Waals surface area contributed by atoms with Crippen LogP contribution >= 0.6 is 11.6 Å². The van der Waals surface area contributed by atoms with Gasteiger partial charge in [-0.2, -0.15) is 0 Å². The minimum absolute atomic E-state index is 0.0355. The van der Waals surface area contributed by atoms with Crippen molar-refractivity contribution < 1.29 is 23.5 Å². The number of esters is 1. The lowest BCUT2D eigenvalue weighted by molar-refractivity contribution is -0.153. The van der Waals surface area contributed by atoms with Crippen LogP contribution in [0.3, 0.4) is 0 Å². The van der Waals surface area contributed by atoms with E-state index in [1.165, 1.54) is 12.1 Å². The minimum atomic E-state index is -0.669. The fourth-order valence-corrected chi connectivity index (χ4v) is 3.29. The normalized spacial score (nSPS) is 19.5. The van der Waals surface area contributed by atoms with Gasteiger partial charge in [-0.3, -0.25) is 9.59 Å². The molecule has 0 aromatic heterocycles. The zero-order chi connectivity index (χ0) is 19.1. The second kappa shape index (κ2) is 9.57. The maximum Gasteiger partial charge on any atom is 0.309 e. The first-order valence-corrected chi connectivity index (χ1v) is 9.06. The maximum absolute atomic E-state index is 14.2. The molecule has 1 N–H and O–H groups in total. The summed E-state index contributed by atoms with van der Waals surface area (Å²) in [4.78, 5) is 24.8. The predicted molar refractivity (Wildman–Crippen MR) is 97.8 cm³/mol. The van der Waals surface area contributed by atoms with Crippen molar-refractivity contribution in [2.75, 3.05) is 18.5 Å². The fraction of sp³-hybridized carbons (Fsp3) is 0.474. The Hall–Kier alpha value is -2.08. The molecule has 7 heteroatoms. The van der Waals surface area contributed by atoms with Crippen molar-refractivity contribution >= 4 is 29.2 Å². The molecular weight excluding hydrogens is 361 g/mol. The predicted octanol–water partition coefficient (Wildman–Crippen LogP) is 4.35. The summed E-state index contributed by atoms with van der Waals surface area (Å²) in [6, 6.07) is 2.42. The number of benzene rings is 1. The SMILES string of the molecule is C=CCOc1cc(NC(=O)C2CCCCC2C(=O)OCC)c(F)cc1Cl. The number of anilines is 1. The van der Waals surface area contributed by atoms with Crippen molar-refractivity contribution in [3.05, 3.63) is 35.6 Å². The van der Waals surface area contributed by atoms with Gasteiger partial charge in [-0.25, -0.2) is 4.39 Å². The molecule has 0 bridgehead atoms. The summed E-state index contributed by atoms with van der Waals surface area (Å²) in [7, 11) is 0. The fourth-order valence-electron chi connectivity index (χ4n) is 3.09. The molecule has 0 saturated heterocycles. The highest BCUT2D eigenvalue weighted by atomic mass is 35.5. The highest BCUT2D eigenvalue weighted by Crippen LogP contribution is 2.34. The lowest BCUT2D eigenvalue weighted by Gasteiger charge is -2.28. The van der Waals surface area contributed by atoms with Gasteiger partial charge in [-0.15, -0.1) is 0 Å². The van der Waals surface area contributed by atoms with Crippen molar-refractivity contribution in [3.63, 3.8) is 0 Å². The Bertz CT molecular complexity index is 680. The van der Waals surface area contributed by atoms with E-state index in [0.717, 1.165) is 18.9 Å². The van der Waals surface area contributed by atoms with Crippen molar-refractivity contribution in [2.45, 2.75) is 32.6 Å².